The summed E-state index contributed by atoms with van der Waals surface area (Å²) in [5.41, 5.74) is 1.19. The second kappa shape index (κ2) is 7.42. The van der Waals surface area contributed by atoms with Gasteiger partial charge in [0.2, 0.25) is 0 Å². The van der Waals surface area contributed by atoms with Crippen LogP contribution in [-0.2, 0) is 17.8 Å². The maximum absolute atomic E-state index is 5.79. The number of ether oxygens (including phenoxy) is 2. The predicted octanol–water partition coefficient (Wildman–Crippen LogP) is 2.60. The lowest BCUT2D eigenvalue weighted by atomic mass is 10.1. The number of hydrogen-bond donors (Lipinski definition) is 1. The number of aromatic amines is 1. The molecule has 1 fully saturated rings. The van der Waals surface area contributed by atoms with Crippen molar-refractivity contribution < 1.29 is 9.47 Å². The van der Waals surface area contributed by atoms with E-state index in [4.69, 9.17) is 9.47 Å². The lowest BCUT2D eigenvalue weighted by Gasteiger charge is -2.25. The summed E-state index contributed by atoms with van der Waals surface area (Å²) in [6.07, 6.45) is 6.28. The van der Waals surface area contributed by atoms with Crippen molar-refractivity contribution in [3.05, 3.63) is 48.0 Å². The lowest BCUT2D eigenvalue weighted by molar-refractivity contribution is 0.0668. The highest BCUT2D eigenvalue weighted by Crippen LogP contribution is 2.21. The molecule has 0 radical (unpaired) electrons. The second-order valence-corrected chi connectivity index (χ2v) is 5.65. The number of methoxy groups -OCH3 is 1. The summed E-state index contributed by atoms with van der Waals surface area (Å²) < 4.78 is 11.3. The minimum Gasteiger partial charge on any atom is -0.496 e. The quantitative estimate of drug-likeness (QED) is 0.854. The number of nitrogens with zero attached hydrogens (tertiary/aromatic N) is 2. The van der Waals surface area contributed by atoms with Gasteiger partial charge in [-0.3, -0.25) is 4.90 Å². The van der Waals surface area contributed by atoms with Crippen molar-refractivity contribution in [3.8, 4) is 5.75 Å². The van der Waals surface area contributed by atoms with Crippen molar-refractivity contribution in [2.24, 2.45) is 0 Å². The third-order valence-electron chi connectivity index (χ3n) is 4.00. The molecule has 3 rings (SSSR count). The highest BCUT2D eigenvalue weighted by Gasteiger charge is 2.20. The molecule has 0 saturated carbocycles. The van der Waals surface area contributed by atoms with E-state index in [0.29, 0.717) is 6.10 Å². The van der Waals surface area contributed by atoms with Gasteiger partial charge >= 0.3 is 0 Å². The molecule has 5 nitrogen and oxygen atoms in total. The Morgan fingerprint density at radius 1 is 1.36 bits per heavy atom. The molecular weight excluding hydrogens is 278 g/mol. The van der Waals surface area contributed by atoms with E-state index in [1.165, 1.54) is 5.56 Å². The minimum atomic E-state index is 0.324. The molecule has 1 aromatic heterocycles. The molecule has 1 aliphatic rings. The van der Waals surface area contributed by atoms with Gasteiger partial charge in [-0.2, -0.15) is 0 Å². The maximum atomic E-state index is 5.79. The summed E-state index contributed by atoms with van der Waals surface area (Å²) in [7, 11) is 1.72. The van der Waals surface area contributed by atoms with Gasteiger partial charge in [-0.25, -0.2) is 4.98 Å². The Morgan fingerprint density at radius 2 is 2.27 bits per heavy atom. The van der Waals surface area contributed by atoms with Crippen molar-refractivity contribution in [1.29, 1.82) is 0 Å². The van der Waals surface area contributed by atoms with Crippen LogP contribution in [0.1, 0.15) is 24.2 Å². The van der Waals surface area contributed by atoms with E-state index in [-0.39, 0.29) is 0 Å². The number of para-hydroxylation sites is 1. The zero-order chi connectivity index (χ0) is 15.2. The van der Waals surface area contributed by atoms with Crippen LogP contribution in [0.5, 0.6) is 5.75 Å². The maximum Gasteiger partial charge on any atom is 0.123 e. The smallest absolute Gasteiger partial charge is 0.123 e. The molecule has 118 valence electrons. The topological polar surface area (TPSA) is 50.4 Å². The fourth-order valence-electron chi connectivity index (χ4n) is 2.93. The van der Waals surface area contributed by atoms with Crippen molar-refractivity contribution in [1.82, 2.24) is 14.9 Å². The van der Waals surface area contributed by atoms with Crippen molar-refractivity contribution in [2.75, 3.05) is 20.3 Å². The first-order valence-corrected chi connectivity index (χ1v) is 7.79. The Labute approximate surface area is 131 Å². The summed E-state index contributed by atoms with van der Waals surface area (Å²) in [6, 6.07) is 8.17. The third-order valence-corrected chi connectivity index (χ3v) is 4.00. The van der Waals surface area contributed by atoms with Crippen LogP contribution >= 0.6 is 0 Å². The molecule has 1 aliphatic heterocycles. The number of benzene rings is 1. The lowest BCUT2D eigenvalue weighted by Crippen LogP contribution is -2.32. The molecule has 0 spiro atoms. The standard InChI is InChI=1S/C17H23N3O2/c1-21-16-7-3-2-5-14(16)11-20(12-15-6-4-10-22-15)13-17-18-8-9-19-17/h2-3,5,7-9,15H,4,6,10-13H2,1H3,(H,18,19)/t15-/m0/s1. The van der Waals surface area contributed by atoms with E-state index in [0.717, 1.165) is 50.7 Å². The SMILES string of the molecule is COc1ccccc1CN(Cc1ncc[nH]1)C[C@@H]1CCCO1. The molecule has 5 heteroatoms. The fraction of sp³-hybridized carbons (Fsp3) is 0.471. The van der Waals surface area contributed by atoms with E-state index in [1.807, 2.05) is 18.3 Å². The first-order valence-electron chi connectivity index (χ1n) is 7.79. The largest absolute Gasteiger partial charge is 0.496 e. The molecule has 0 unspecified atom stereocenters. The van der Waals surface area contributed by atoms with Crippen molar-refractivity contribution in [2.45, 2.75) is 32.0 Å². The molecule has 22 heavy (non-hydrogen) atoms. The van der Waals surface area contributed by atoms with Gasteiger partial charge in [0.05, 0.1) is 19.8 Å². The normalized spacial score (nSPS) is 18.0. The molecule has 1 N–H and O–H groups in total. The fourth-order valence-corrected chi connectivity index (χ4v) is 2.93. The molecule has 0 aliphatic carbocycles. The highest BCUT2D eigenvalue weighted by molar-refractivity contribution is 5.33. The first kappa shape index (κ1) is 15.1. The average Bonchev–Trinajstić information content (AvgIpc) is 3.21. The van der Waals surface area contributed by atoms with Crippen LogP contribution in [0.25, 0.3) is 0 Å². The van der Waals surface area contributed by atoms with Gasteiger partial charge in [-0.1, -0.05) is 18.2 Å². The van der Waals surface area contributed by atoms with E-state index in [1.54, 1.807) is 13.3 Å². The van der Waals surface area contributed by atoms with Crippen molar-refractivity contribution >= 4 is 0 Å². The summed E-state index contributed by atoms with van der Waals surface area (Å²) in [5.74, 6) is 1.91. The Kier molecular flexibility index (Phi) is 5.08. The average molecular weight is 301 g/mol. The van der Waals surface area contributed by atoms with Gasteiger partial charge < -0.3 is 14.5 Å². The molecule has 1 aromatic carbocycles. The molecule has 1 saturated heterocycles. The number of hydrogen-bond acceptors (Lipinski definition) is 4. The zero-order valence-electron chi connectivity index (χ0n) is 13.0. The third kappa shape index (κ3) is 3.87. The van der Waals surface area contributed by atoms with Gasteiger partial charge in [0.1, 0.15) is 11.6 Å². The number of nitrogens with one attached hydrogen (secondary N) is 1. The Hall–Kier alpha value is -1.85. The van der Waals surface area contributed by atoms with Crippen LogP contribution in [-0.4, -0.2) is 41.2 Å². The summed E-state index contributed by atoms with van der Waals surface area (Å²) >= 11 is 0. The number of rotatable bonds is 7. The van der Waals surface area contributed by atoms with Crippen LogP contribution < -0.4 is 4.74 Å². The molecule has 2 heterocycles. The first-order chi connectivity index (χ1) is 10.8. The monoisotopic (exact) mass is 301 g/mol. The molecule has 1 atom stereocenters. The van der Waals surface area contributed by atoms with Crippen LogP contribution in [0.3, 0.4) is 0 Å². The van der Waals surface area contributed by atoms with Gasteiger partial charge in [-0.15, -0.1) is 0 Å². The highest BCUT2D eigenvalue weighted by atomic mass is 16.5. The Morgan fingerprint density at radius 3 is 3.00 bits per heavy atom. The number of aromatic nitrogens is 2. The van der Waals surface area contributed by atoms with E-state index in [2.05, 4.69) is 27.0 Å². The van der Waals surface area contributed by atoms with Crippen LogP contribution in [0, 0.1) is 0 Å². The minimum absolute atomic E-state index is 0.324. The molecule has 0 bridgehead atoms. The summed E-state index contributed by atoms with van der Waals surface area (Å²) in [5, 5.41) is 0. The molecular formula is C17H23N3O2. The van der Waals surface area contributed by atoms with Crippen molar-refractivity contribution in [3.63, 3.8) is 0 Å². The summed E-state index contributed by atoms with van der Waals surface area (Å²) in [6.45, 7) is 3.40. The van der Waals surface area contributed by atoms with Crippen LogP contribution in [0.2, 0.25) is 0 Å². The van der Waals surface area contributed by atoms with Gasteiger partial charge in [-0.05, 0) is 18.9 Å². The van der Waals surface area contributed by atoms with Crippen LogP contribution in [0.4, 0.5) is 0 Å². The second-order valence-electron chi connectivity index (χ2n) is 5.65. The van der Waals surface area contributed by atoms with E-state index < -0.39 is 0 Å². The zero-order valence-corrected chi connectivity index (χ0v) is 13.0. The van der Waals surface area contributed by atoms with Gasteiger partial charge in [0, 0.05) is 37.7 Å². The number of H-pyrrole nitrogens is 1. The predicted molar refractivity (Wildman–Crippen MR) is 84.7 cm³/mol. The molecule has 2 aromatic rings. The Bertz CT molecular complexity index is 565. The molecule has 0 amide bonds. The van der Waals surface area contributed by atoms with E-state index in [9.17, 15) is 0 Å². The summed E-state index contributed by atoms with van der Waals surface area (Å²) in [4.78, 5) is 9.90. The van der Waals surface area contributed by atoms with Crippen LogP contribution in [0.15, 0.2) is 36.7 Å². The van der Waals surface area contributed by atoms with Gasteiger partial charge in [0.25, 0.3) is 0 Å². The van der Waals surface area contributed by atoms with E-state index >= 15 is 0 Å². The number of imidazole rings is 1. The Balaban J connectivity index is 1.71. The van der Waals surface area contributed by atoms with Gasteiger partial charge in [0.15, 0.2) is 0 Å².